The van der Waals surface area contributed by atoms with Gasteiger partial charge < -0.3 is 5.11 Å². The molecule has 0 saturated carbocycles. The summed E-state index contributed by atoms with van der Waals surface area (Å²) in [6, 6.07) is 0. The van der Waals surface area contributed by atoms with Crippen molar-refractivity contribution in [3.8, 4) is 0 Å². The summed E-state index contributed by atoms with van der Waals surface area (Å²) < 4.78 is 0. The van der Waals surface area contributed by atoms with Gasteiger partial charge in [0, 0.05) is 0 Å². The minimum Gasteiger partial charge on any atom is -0.393 e. The Morgan fingerprint density at radius 2 is 1.45 bits per heavy atom. The second-order valence-electron chi connectivity index (χ2n) is 3.32. The van der Waals surface area contributed by atoms with Gasteiger partial charge in [-0.3, -0.25) is 0 Å². The predicted molar refractivity (Wildman–Crippen MR) is 49.6 cm³/mol. The Kier molecular flexibility index (Phi) is 6.63. The molecule has 11 heavy (non-hydrogen) atoms. The molecule has 0 heterocycles. The third-order valence-corrected chi connectivity index (χ3v) is 2.53. The summed E-state index contributed by atoms with van der Waals surface area (Å²) in [5.41, 5.74) is 0. The van der Waals surface area contributed by atoms with Crippen molar-refractivity contribution in [2.75, 3.05) is 0 Å². The number of hydrogen-bond acceptors (Lipinski definition) is 1. The van der Waals surface area contributed by atoms with Crippen LogP contribution in [0.5, 0.6) is 0 Å². The first kappa shape index (κ1) is 11.0. The standard InChI is InChI=1S/C10H22O/c1-4-9(5-2)7-8-10(11)6-3/h9-11H,4-8H2,1-3H3/t10-/m0/s1. The molecule has 0 bridgehead atoms. The molecule has 1 heteroatoms. The lowest BCUT2D eigenvalue weighted by molar-refractivity contribution is 0.149. The van der Waals surface area contributed by atoms with Gasteiger partial charge >= 0.3 is 0 Å². The maximum absolute atomic E-state index is 9.30. The summed E-state index contributed by atoms with van der Waals surface area (Å²) in [5, 5.41) is 9.30. The molecule has 1 nitrogen and oxygen atoms in total. The zero-order chi connectivity index (χ0) is 8.69. The van der Waals surface area contributed by atoms with Gasteiger partial charge in [0.2, 0.25) is 0 Å². The van der Waals surface area contributed by atoms with Crippen LogP contribution in [0.25, 0.3) is 0 Å². The first-order chi connectivity index (χ1) is 5.24. The van der Waals surface area contributed by atoms with Gasteiger partial charge in [0.15, 0.2) is 0 Å². The highest BCUT2D eigenvalue weighted by molar-refractivity contribution is 4.59. The molecule has 0 aliphatic heterocycles. The van der Waals surface area contributed by atoms with Gasteiger partial charge in [-0.1, -0.05) is 33.6 Å². The van der Waals surface area contributed by atoms with Crippen molar-refractivity contribution >= 4 is 0 Å². The van der Waals surface area contributed by atoms with E-state index in [4.69, 9.17) is 0 Å². The van der Waals surface area contributed by atoms with E-state index in [0.29, 0.717) is 0 Å². The summed E-state index contributed by atoms with van der Waals surface area (Å²) in [7, 11) is 0. The predicted octanol–water partition coefficient (Wildman–Crippen LogP) is 2.97. The van der Waals surface area contributed by atoms with E-state index in [1.807, 2.05) is 6.92 Å². The second kappa shape index (κ2) is 6.66. The number of hydrogen-bond donors (Lipinski definition) is 1. The van der Waals surface area contributed by atoms with Crippen LogP contribution in [0.2, 0.25) is 0 Å². The van der Waals surface area contributed by atoms with Crippen molar-refractivity contribution in [3.05, 3.63) is 0 Å². The molecular weight excluding hydrogens is 136 g/mol. The lowest BCUT2D eigenvalue weighted by atomic mass is 9.95. The number of aliphatic hydroxyl groups is 1. The number of rotatable bonds is 6. The molecule has 0 fully saturated rings. The van der Waals surface area contributed by atoms with E-state index < -0.39 is 0 Å². The average molecular weight is 158 g/mol. The van der Waals surface area contributed by atoms with E-state index in [0.717, 1.165) is 18.8 Å². The molecule has 68 valence electrons. The smallest absolute Gasteiger partial charge is 0.0537 e. The highest BCUT2D eigenvalue weighted by Crippen LogP contribution is 2.16. The van der Waals surface area contributed by atoms with Crippen LogP contribution < -0.4 is 0 Å². The molecule has 1 atom stereocenters. The Labute approximate surface area is 70.8 Å². The first-order valence-electron chi connectivity index (χ1n) is 4.92. The second-order valence-corrected chi connectivity index (χ2v) is 3.32. The average Bonchev–Trinajstić information content (AvgIpc) is 2.06. The van der Waals surface area contributed by atoms with E-state index in [2.05, 4.69) is 13.8 Å². The Morgan fingerprint density at radius 3 is 1.82 bits per heavy atom. The molecule has 0 saturated heterocycles. The van der Waals surface area contributed by atoms with E-state index in [9.17, 15) is 5.11 Å². The van der Waals surface area contributed by atoms with Gasteiger partial charge in [0.1, 0.15) is 0 Å². The van der Waals surface area contributed by atoms with Crippen LogP contribution in [0.1, 0.15) is 52.9 Å². The Balaban J connectivity index is 3.34. The lowest BCUT2D eigenvalue weighted by Gasteiger charge is -2.13. The largest absolute Gasteiger partial charge is 0.393 e. The Hall–Kier alpha value is -0.0400. The molecule has 0 spiro atoms. The highest BCUT2D eigenvalue weighted by Gasteiger charge is 2.06. The highest BCUT2D eigenvalue weighted by atomic mass is 16.3. The normalized spacial score (nSPS) is 13.9. The quantitative estimate of drug-likeness (QED) is 0.630. The zero-order valence-electron chi connectivity index (χ0n) is 8.14. The third-order valence-electron chi connectivity index (χ3n) is 2.53. The first-order valence-corrected chi connectivity index (χ1v) is 4.92. The summed E-state index contributed by atoms with van der Waals surface area (Å²) in [4.78, 5) is 0. The summed E-state index contributed by atoms with van der Waals surface area (Å²) in [5.74, 6) is 0.830. The molecule has 0 amide bonds. The fourth-order valence-electron chi connectivity index (χ4n) is 1.33. The third kappa shape index (κ3) is 5.25. The minimum atomic E-state index is -0.0596. The summed E-state index contributed by atoms with van der Waals surface area (Å²) >= 11 is 0. The van der Waals surface area contributed by atoms with E-state index in [1.54, 1.807) is 0 Å². The van der Waals surface area contributed by atoms with Gasteiger partial charge in [0.05, 0.1) is 6.10 Å². The van der Waals surface area contributed by atoms with Gasteiger partial charge in [-0.05, 0) is 25.2 Å². The monoisotopic (exact) mass is 158 g/mol. The Bertz CT molecular complexity index is 76.9. The minimum absolute atomic E-state index is 0.0596. The molecule has 0 aliphatic carbocycles. The van der Waals surface area contributed by atoms with Crippen LogP contribution in [0, 0.1) is 5.92 Å². The number of aliphatic hydroxyl groups excluding tert-OH is 1. The molecule has 0 radical (unpaired) electrons. The molecular formula is C10H22O. The van der Waals surface area contributed by atoms with Crippen molar-refractivity contribution in [3.63, 3.8) is 0 Å². The molecule has 0 unspecified atom stereocenters. The van der Waals surface area contributed by atoms with Crippen molar-refractivity contribution < 1.29 is 5.11 Å². The van der Waals surface area contributed by atoms with Gasteiger partial charge in [0.25, 0.3) is 0 Å². The van der Waals surface area contributed by atoms with Crippen molar-refractivity contribution in [2.45, 2.75) is 59.0 Å². The maximum atomic E-state index is 9.30. The van der Waals surface area contributed by atoms with Crippen molar-refractivity contribution in [2.24, 2.45) is 5.92 Å². The molecule has 0 aromatic carbocycles. The van der Waals surface area contributed by atoms with Crippen LogP contribution in [0.3, 0.4) is 0 Å². The van der Waals surface area contributed by atoms with Crippen molar-refractivity contribution in [1.82, 2.24) is 0 Å². The fraction of sp³-hybridized carbons (Fsp3) is 1.00. The topological polar surface area (TPSA) is 20.2 Å². The summed E-state index contributed by atoms with van der Waals surface area (Å²) in [6.07, 6.45) is 5.54. The van der Waals surface area contributed by atoms with Crippen molar-refractivity contribution in [1.29, 1.82) is 0 Å². The van der Waals surface area contributed by atoms with Crippen LogP contribution in [-0.2, 0) is 0 Å². The van der Waals surface area contributed by atoms with Crippen LogP contribution in [0.4, 0.5) is 0 Å². The van der Waals surface area contributed by atoms with Crippen LogP contribution in [-0.4, -0.2) is 11.2 Å². The van der Waals surface area contributed by atoms with E-state index in [1.165, 1.54) is 19.3 Å². The Morgan fingerprint density at radius 1 is 0.909 bits per heavy atom. The van der Waals surface area contributed by atoms with Gasteiger partial charge in [-0.2, -0.15) is 0 Å². The van der Waals surface area contributed by atoms with Gasteiger partial charge in [-0.15, -0.1) is 0 Å². The maximum Gasteiger partial charge on any atom is 0.0537 e. The fourth-order valence-corrected chi connectivity index (χ4v) is 1.33. The summed E-state index contributed by atoms with van der Waals surface area (Å²) in [6.45, 7) is 6.50. The SMILES string of the molecule is CCC(CC)CC[C@@H](O)CC. The van der Waals surface area contributed by atoms with Crippen LogP contribution in [0.15, 0.2) is 0 Å². The molecule has 0 rings (SSSR count). The molecule has 0 aliphatic rings. The lowest BCUT2D eigenvalue weighted by Crippen LogP contribution is -2.07. The van der Waals surface area contributed by atoms with Gasteiger partial charge in [-0.25, -0.2) is 0 Å². The molecule has 0 aromatic heterocycles. The van der Waals surface area contributed by atoms with Crippen LogP contribution >= 0.6 is 0 Å². The molecule has 1 N–H and O–H groups in total. The van der Waals surface area contributed by atoms with E-state index in [-0.39, 0.29) is 6.10 Å². The molecule has 0 aromatic rings. The van der Waals surface area contributed by atoms with E-state index >= 15 is 0 Å². The zero-order valence-corrected chi connectivity index (χ0v) is 8.14.